The van der Waals surface area contributed by atoms with Crippen molar-refractivity contribution in [2.24, 2.45) is 0 Å². The third kappa shape index (κ3) is 4.59. The monoisotopic (exact) mass is 344 g/mol. The average molecular weight is 345 g/mol. The van der Waals surface area contributed by atoms with Crippen molar-refractivity contribution in [1.82, 2.24) is 4.90 Å². The van der Waals surface area contributed by atoms with E-state index in [0.717, 1.165) is 16.7 Å². The predicted octanol–water partition coefficient (Wildman–Crippen LogP) is 3.94. The Hall–Kier alpha value is -2.33. The standard InChI is InChI=1S/C19H21ClN2O2/c1-13-7-4-5-8-16(13)11-22(15(3)23)12-19(24)21-18-10-6-9-17(20)14(18)2/h4-10H,11-12H2,1-3H3,(H,21,24). The Morgan fingerprint density at radius 3 is 2.46 bits per heavy atom. The Balaban J connectivity index is 2.07. The molecule has 2 aromatic rings. The van der Waals surface area contributed by atoms with Gasteiger partial charge in [0.05, 0.1) is 0 Å². The molecule has 2 rings (SSSR count). The van der Waals surface area contributed by atoms with Crippen LogP contribution < -0.4 is 5.32 Å². The summed E-state index contributed by atoms with van der Waals surface area (Å²) in [7, 11) is 0. The molecule has 0 aromatic heterocycles. The van der Waals surface area contributed by atoms with Crippen LogP contribution in [-0.2, 0) is 16.1 Å². The SMILES string of the molecule is CC(=O)N(CC(=O)Nc1cccc(Cl)c1C)Cc1ccccc1C. The number of aryl methyl sites for hydroxylation is 1. The summed E-state index contributed by atoms with van der Waals surface area (Å²) in [5.41, 5.74) is 3.59. The minimum Gasteiger partial charge on any atom is -0.329 e. The smallest absolute Gasteiger partial charge is 0.244 e. The van der Waals surface area contributed by atoms with Gasteiger partial charge in [-0.1, -0.05) is 41.9 Å². The molecule has 0 bridgehead atoms. The van der Waals surface area contributed by atoms with Gasteiger partial charge in [0.25, 0.3) is 0 Å². The molecule has 0 aliphatic heterocycles. The molecule has 0 heterocycles. The lowest BCUT2D eigenvalue weighted by Crippen LogP contribution is -2.36. The molecule has 0 spiro atoms. The molecule has 0 unspecified atom stereocenters. The Morgan fingerprint density at radius 2 is 1.79 bits per heavy atom. The summed E-state index contributed by atoms with van der Waals surface area (Å²) < 4.78 is 0. The number of hydrogen-bond acceptors (Lipinski definition) is 2. The van der Waals surface area contributed by atoms with Crippen LogP contribution in [0.4, 0.5) is 5.69 Å². The highest BCUT2D eigenvalue weighted by atomic mass is 35.5. The van der Waals surface area contributed by atoms with Crippen LogP contribution in [0.25, 0.3) is 0 Å². The summed E-state index contributed by atoms with van der Waals surface area (Å²) in [6.45, 7) is 5.70. The fourth-order valence-corrected chi connectivity index (χ4v) is 2.55. The third-order valence-electron chi connectivity index (χ3n) is 3.94. The van der Waals surface area contributed by atoms with E-state index < -0.39 is 0 Å². The first-order valence-corrected chi connectivity index (χ1v) is 8.11. The summed E-state index contributed by atoms with van der Waals surface area (Å²) in [6, 6.07) is 13.2. The molecule has 4 nitrogen and oxygen atoms in total. The van der Waals surface area contributed by atoms with Gasteiger partial charge in [-0.3, -0.25) is 9.59 Å². The van der Waals surface area contributed by atoms with Gasteiger partial charge in [0.15, 0.2) is 0 Å². The maximum absolute atomic E-state index is 12.3. The Morgan fingerprint density at radius 1 is 1.08 bits per heavy atom. The van der Waals surface area contributed by atoms with E-state index in [1.165, 1.54) is 11.8 Å². The maximum atomic E-state index is 12.3. The molecule has 0 atom stereocenters. The Kier molecular flexibility index (Phi) is 5.99. The van der Waals surface area contributed by atoms with Crippen molar-refractivity contribution in [2.75, 3.05) is 11.9 Å². The van der Waals surface area contributed by atoms with E-state index in [1.807, 2.05) is 38.1 Å². The molecule has 0 radical (unpaired) electrons. The van der Waals surface area contributed by atoms with Crippen LogP contribution in [0.1, 0.15) is 23.6 Å². The van der Waals surface area contributed by atoms with Crippen LogP contribution in [0.5, 0.6) is 0 Å². The summed E-state index contributed by atoms with van der Waals surface area (Å²) in [5.74, 6) is -0.389. The third-order valence-corrected chi connectivity index (χ3v) is 4.35. The lowest BCUT2D eigenvalue weighted by molar-refractivity contribution is -0.133. The van der Waals surface area contributed by atoms with E-state index in [1.54, 1.807) is 18.2 Å². The Bertz CT molecular complexity index is 759. The van der Waals surface area contributed by atoms with Gasteiger partial charge in [0.1, 0.15) is 6.54 Å². The van der Waals surface area contributed by atoms with E-state index in [2.05, 4.69) is 5.32 Å². The zero-order valence-electron chi connectivity index (χ0n) is 14.1. The second-order valence-corrected chi connectivity index (χ2v) is 6.17. The van der Waals surface area contributed by atoms with Crippen molar-refractivity contribution in [3.05, 3.63) is 64.2 Å². The molecule has 24 heavy (non-hydrogen) atoms. The van der Waals surface area contributed by atoms with Crippen molar-refractivity contribution in [3.8, 4) is 0 Å². The van der Waals surface area contributed by atoms with Crippen LogP contribution >= 0.6 is 11.6 Å². The van der Waals surface area contributed by atoms with E-state index in [9.17, 15) is 9.59 Å². The van der Waals surface area contributed by atoms with E-state index >= 15 is 0 Å². The predicted molar refractivity (Wildman–Crippen MR) is 97.1 cm³/mol. The quantitative estimate of drug-likeness (QED) is 0.893. The van der Waals surface area contributed by atoms with Gasteiger partial charge in [-0.05, 0) is 42.7 Å². The topological polar surface area (TPSA) is 49.4 Å². The van der Waals surface area contributed by atoms with Crippen LogP contribution in [0.2, 0.25) is 5.02 Å². The highest BCUT2D eigenvalue weighted by molar-refractivity contribution is 6.31. The van der Waals surface area contributed by atoms with Crippen LogP contribution in [0, 0.1) is 13.8 Å². The van der Waals surface area contributed by atoms with E-state index in [0.29, 0.717) is 17.3 Å². The van der Waals surface area contributed by atoms with Gasteiger partial charge >= 0.3 is 0 Å². The van der Waals surface area contributed by atoms with E-state index in [4.69, 9.17) is 11.6 Å². The summed E-state index contributed by atoms with van der Waals surface area (Å²) >= 11 is 6.06. The molecule has 2 aromatic carbocycles. The molecule has 0 saturated heterocycles. The minimum absolute atomic E-state index is 0.00434. The van der Waals surface area contributed by atoms with Gasteiger partial charge in [0.2, 0.25) is 11.8 Å². The number of carbonyl (C=O) groups excluding carboxylic acids is 2. The van der Waals surface area contributed by atoms with Gasteiger partial charge in [0, 0.05) is 24.2 Å². The number of anilines is 1. The van der Waals surface area contributed by atoms with Crippen LogP contribution in [0.3, 0.4) is 0 Å². The van der Waals surface area contributed by atoms with Crippen LogP contribution in [0.15, 0.2) is 42.5 Å². The molecular formula is C19H21ClN2O2. The Labute approximate surface area is 147 Å². The van der Waals surface area contributed by atoms with Gasteiger partial charge in [-0.2, -0.15) is 0 Å². The number of hydrogen-bond donors (Lipinski definition) is 1. The first kappa shape index (κ1) is 18.0. The molecular weight excluding hydrogens is 324 g/mol. The van der Waals surface area contributed by atoms with Gasteiger partial charge < -0.3 is 10.2 Å². The number of rotatable bonds is 5. The van der Waals surface area contributed by atoms with Gasteiger partial charge in [-0.25, -0.2) is 0 Å². The first-order chi connectivity index (χ1) is 11.4. The minimum atomic E-state index is -0.246. The number of halogens is 1. The highest BCUT2D eigenvalue weighted by Crippen LogP contribution is 2.23. The molecule has 1 N–H and O–H groups in total. The number of carbonyl (C=O) groups is 2. The molecule has 2 amide bonds. The zero-order valence-corrected chi connectivity index (χ0v) is 14.9. The normalized spacial score (nSPS) is 10.3. The molecule has 0 saturated carbocycles. The lowest BCUT2D eigenvalue weighted by atomic mass is 10.1. The number of benzene rings is 2. The molecule has 126 valence electrons. The first-order valence-electron chi connectivity index (χ1n) is 7.73. The maximum Gasteiger partial charge on any atom is 0.244 e. The zero-order chi connectivity index (χ0) is 17.7. The number of amides is 2. The highest BCUT2D eigenvalue weighted by Gasteiger charge is 2.16. The second-order valence-electron chi connectivity index (χ2n) is 5.76. The van der Waals surface area contributed by atoms with Crippen LogP contribution in [-0.4, -0.2) is 23.3 Å². The second kappa shape index (κ2) is 7.97. The molecule has 0 aliphatic carbocycles. The van der Waals surface area contributed by atoms with Crippen molar-refractivity contribution < 1.29 is 9.59 Å². The summed E-state index contributed by atoms with van der Waals surface area (Å²) in [5, 5.41) is 3.41. The lowest BCUT2D eigenvalue weighted by Gasteiger charge is -2.22. The molecule has 0 aliphatic rings. The van der Waals surface area contributed by atoms with Gasteiger partial charge in [-0.15, -0.1) is 0 Å². The molecule has 0 fully saturated rings. The average Bonchev–Trinajstić information content (AvgIpc) is 2.53. The summed E-state index contributed by atoms with van der Waals surface area (Å²) in [4.78, 5) is 25.7. The van der Waals surface area contributed by atoms with E-state index in [-0.39, 0.29) is 18.4 Å². The van der Waals surface area contributed by atoms with Crippen molar-refractivity contribution >= 4 is 29.1 Å². The van der Waals surface area contributed by atoms with Crippen molar-refractivity contribution in [2.45, 2.75) is 27.3 Å². The van der Waals surface area contributed by atoms with Crippen molar-refractivity contribution in [1.29, 1.82) is 0 Å². The fraction of sp³-hybridized carbons (Fsp3) is 0.263. The molecule has 5 heteroatoms. The van der Waals surface area contributed by atoms with Crippen molar-refractivity contribution in [3.63, 3.8) is 0 Å². The largest absolute Gasteiger partial charge is 0.329 e. The number of nitrogens with one attached hydrogen (secondary N) is 1. The fourth-order valence-electron chi connectivity index (χ4n) is 2.38. The summed E-state index contributed by atoms with van der Waals surface area (Å²) in [6.07, 6.45) is 0. The number of nitrogens with zero attached hydrogens (tertiary/aromatic N) is 1.